The first-order valence-electron chi connectivity index (χ1n) is 4.47. The lowest BCUT2D eigenvalue weighted by molar-refractivity contribution is 0.0694. The van der Waals surface area contributed by atoms with Gasteiger partial charge in [0, 0.05) is 0 Å². The molecule has 0 aliphatic carbocycles. The summed E-state index contributed by atoms with van der Waals surface area (Å²) < 4.78 is 30.2. The van der Waals surface area contributed by atoms with Crippen molar-refractivity contribution in [3.8, 4) is 0 Å². The molecular weight excluding hydrogens is 266 g/mol. The number of nitrogens with zero attached hydrogens (tertiary/aromatic N) is 1. The number of carboxylic acids is 1. The van der Waals surface area contributed by atoms with Gasteiger partial charge in [-0.3, -0.25) is 14.1 Å². The molecule has 0 atom stereocenters. The molecule has 0 bridgehead atoms. The van der Waals surface area contributed by atoms with Gasteiger partial charge in [0.05, 0.1) is 16.7 Å². The van der Waals surface area contributed by atoms with Gasteiger partial charge in [-0.2, -0.15) is 8.42 Å². The van der Waals surface area contributed by atoms with Crippen LogP contribution in [0.4, 0.5) is 0 Å². The van der Waals surface area contributed by atoms with E-state index in [1.165, 1.54) is 0 Å². The first kappa shape index (κ1) is 12.2. The topological polar surface area (TPSA) is 129 Å². The van der Waals surface area contributed by atoms with Crippen LogP contribution >= 0.6 is 0 Å². The normalized spacial score (nSPS) is 14.8. The van der Waals surface area contributed by atoms with Gasteiger partial charge in [-0.25, -0.2) is 4.79 Å². The lowest BCUT2D eigenvalue weighted by atomic mass is 10.1. The van der Waals surface area contributed by atoms with Crippen LogP contribution in [0.2, 0.25) is 0 Å². The Morgan fingerprint density at radius 1 is 1.11 bits per heavy atom. The van der Waals surface area contributed by atoms with E-state index in [-0.39, 0.29) is 21.0 Å². The van der Waals surface area contributed by atoms with Crippen molar-refractivity contribution in [3.63, 3.8) is 0 Å². The number of fused-ring (bicyclic) bond motifs is 1. The molecule has 8 nitrogen and oxygen atoms in total. The van der Waals surface area contributed by atoms with E-state index < -0.39 is 28.1 Å². The van der Waals surface area contributed by atoms with Crippen molar-refractivity contribution in [3.05, 3.63) is 34.9 Å². The number of carboxylic acid groups (broad SMARTS) is 1. The average Bonchev–Trinajstić information content (AvgIpc) is 2.50. The number of rotatable bonds is 2. The summed E-state index contributed by atoms with van der Waals surface area (Å²) in [5.74, 6) is -3.82. The molecule has 0 radical (unpaired) electrons. The van der Waals surface area contributed by atoms with Crippen LogP contribution in [0.5, 0.6) is 0 Å². The van der Waals surface area contributed by atoms with Crippen molar-refractivity contribution in [2.75, 3.05) is 0 Å². The third-order valence-electron chi connectivity index (χ3n) is 2.33. The highest BCUT2D eigenvalue weighted by Gasteiger charge is 2.43. The van der Waals surface area contributed by atoms with Crippen LogP contribution in [-0.2, 0) is 10.3 Å². The van der Waals surface area contributed by atoms with Crippen molar-refractivity contribution >= 4 is 28.1 Å². The van der Waals surface area contributed by atoms with Gasteiger partial charge in [0.2, 0.25) is 0 Å². The molecule has 0 saturated carbocycles. The summed E-state index contributed by atoms with van der Waals surface area (Å²) in [6.07, 6.45) is 0. The van der Waals surface area contributed by atoms with Crippen molar-refractivity contribution in [1.82, 2.24) is 4.31 Å². The van der Waals surface area contributed by atoms with Crippen molar-refractivity contribution < 1.29 is 32.5 Å². The Balaban J connectivity index is 2.63. The van der Waals surface area contributed by atoms with Crippen LogP contribution < -0.4 is 0 Å². The number of hydrogen-bond acceptors (Lipinski definition) is 5. The predicted molar refractivity (Wildman–Crippen MR) is 55.4 cm³/mol. The fraction of sp³-hybridized carbons (Fsp3) is 0. The third-order valence-corrected chi connectivity index (χ3v) is 3.12. The maximum absolute atomic E-state index is 11.6. The van der Waals surface area contributed by atoms with Gasteiger partial charge in [-0.05, 0) is 18.2 Å². The number of benzene rings is 1. The standard InChI is InChI=1S/C9H5NO7S/c11-7-5-2-1-4(9(13)14)3-6(5)8(12)10(7)18(15,16)17/h1-3H,(H,13,14)(H,15,16,17). The van der Waals surface area contributed by atoms with E-state index in [4.69, 9.17) is 9.66 Å². The van der Waals surface area contributed by atoms with Gasteiger partial charge >= 0.3 is 16.3 Å². The molecule has 0 fully saturated rings. The lowest BCUT2D eigenvalue weighted by Crippen LogP contribution is -2.35. The predicted octanol–water partition coefficient (Wildman–Crippen LogP) is -0.216. The van der Waals surface area contributed by atoms with Crippen molar-refractivity contribution in [2.24, 2.45) is 0 Å². The molecule has 1 aromatic carbocycles. The maximum Gasteiger partial charge on any atom is 0.369 e. The molecule has 0 unspecified atom stereocenters. The van der Waals surface area contributed by atoms with Gasteiger partial charge in [0.1, 0.15) is 0 Å². The largest absolute Gasteiger partial charge is 0.478 e. The Kier molecular flexibility index (Phi) is 2.45. The van der Waals surface area contributed by atoms with Gasteiger partial charge in [-0.15, -0.1) is 4.31 Å². The van der Waals surface area contributed by atoms with E-state index in [0.717, 1.165) is 18.2 Å². The molecule has 18 heavy (non-hydrogen) atoms. The zero-order valence-electron chi connectivity index (χ0n) is 8.52. The number of carbonyl (C=O) groups is 3. The first-order valence-corrected chi connectivity index (χ1v) is 5.87. The second-order valence-electron chi connectivity index (χ2n) is 3.42. The number of aromatic carboxylic acids is 1. The van der Waals surface area contributed by atoms with Crippen LogP contribution in [0.15, 0.2) is 18.2 Å². The Morgan fingerprint density at radius 3 is 2.17 bits per heavy atom. The van der Waals surface area contributed by atoms with Crippen LogP contribution in [0.1, 0.15) is 31.1 Å². The summed E-state index contributed by atoms with van der Waals surface area (Å²) in [4.78, 5) is 33.8. The zero-order chi connectivity index (χ0) is 13.7. The number of carbonyl (C=O) groups excluding carboxylic acids is 2. The van der Waals surface area contributed by atoms with E-state index >= 15 is 0 Å². The molecule has 94 valence electrons. The Labute approximate surface area is 100 Å². The summed E-state index contributed by atoms with van der Waals surface area (Å²) in [6, 6.07) is 2.95. The zero-order valence-corrected chi connectivity index (χ0v) is 9.34. The highest BCUT2D eigenvalue weighted by atomic mass is 32.2. The summed E-state index contributed by atoms with van der Waals surface area (Å²) in [7, 11) is -5.01. The minimum atomic E-state index is -5.01. The molecular formula is C9H5NO7S. The average molecular weight is 271 g/mol. The summed E-state index contributed by atoms with van der Waals surface area (Å²) in [6.45, 7) is 0. The van der Waals surface area contributed by atoms with Gasteiger partial charge in [0.25, 0.3) is 11.8 Å². The maximum atomic E-state index is 11.6. The summed E-state index contributed by atoms with van der Waals surface area (Å²) in [5.41, 5.74) is -0.924. The smallest absolute Gasteiger partial charge is 0.369 e. The summed E-state index contributed by atoms with van der Waals surface area (Å²) >= 11 is 0. The molecule has 9 heteroatoms. The fourth-order valence-electron chi connectivity index (χ4n) is 1.56. The van der Waals surface area contributed by atoms with Gasteiger partial charge in [0.15, 0.2) is 0 Å². The van der Waals surface area contributed by atoms with Gasteiger partial charge in [-0.1, -0.05) is 0 Å². The molecule has 0 spiro atoms. The SMILES string of the molecule is O=C(O)c1ccc2c(c1)C(=O)N(S(=O)(=O)O)C2=O. The monoisotopic (exact) mass is 271 g/mol. The lowest BCUT2D eigenvalue weighted by Gasteiger charge is -2.07. The van der Waals surface area contributed by atoms with E-state index in [9.17, 15) is 22.8 Å². The van der Waals surface area contributed by atoms with Crippen molar-refractivity contribution in [2.45, 2.75) is 0 Å². The fourth-order valence-corrected chi connectivity index (χ4v) is 2.18. The number of imide groups is 1. The van der Waals surface area contributed by atoms with E-state index in [1.54, 1.807) is 0 Å². The second kappa shape index (κ2) is 3.62. The Bertz CT molecular complexity index is 691. The molecule has 2 rings (SSSR count). The highest BCUT2D eigenvalue weighted by Crippen LogP contribution is 2.25. The molecule has 0 aromatic heterocycles. The molecule has 0 saturated heterocycles. The Hall–Kier alpha value is -2.26. The van der Waals surface area contributed by atoms with Crippen LogP contribution in [-0.4, -0.2) is 40.2 Å². The van der Waals surface area contributed by atoms with E-state index in [2.05, 4.69) is 0 Å². The first-order chi connectivity index (χ1) is 8.23. The molecule has 2 amide bonds. The summed E-state index contributed by atoms with van der Waals surface area (Å²) in [5, 5.41) is 8.72. The van der Waals surface area contributed by atoms with E-state index in [0.29, 0.717) is 0 Å². The third kappa shape index (κ3) is 1.65. The second-order valence-corrected chi connectivity index (χ2v) is 4.68. The minimum Gasteiger partial charge on any atom is -0.478 e. The van der Waals surface area contributed by atoms with Crippen molar-refractivity contribution in [1.29, 1.82) is 0 Å². The van der Waals surface area contributed by atoms with Crippen LogP contribution in [0.25, 0.3) is 0 Å². The minimum absolute atomic E-state index is 0.271. The number of amides is 2. The quantitative estimate of drug-likeness (QED) is 0.562. The molecule has 2 N–H and O–H groups in total. The molecule has 1 aromatic rings. The highest BCUT2D eigenvalue weighted by molar-refractivity contribution is 7.84. The Morgan fingerprint density at radius 2 is 1.67 bits per heavy atom. The number of hydrogen-bond donors (Lipinski definition) is 2. The van der Waals surface area contributed by atoms with Gasteiger partial charge < -0.3 is 5.11 Å². The molecule has 1 heterocycles. The molecule has 1 aliphatic heterocycles. The van der Waals surface area contributed by atoms with Crippen LogP contribution in [0.3, 0.4) is 0 Å². The molecule has 1 aliphatic rings. The van der Waals surface area contributed by atoms with E-state index in [1.807, 2.05) is 0 Å². The van der Waals surface area contributed by atoms with Crippen LogP contribution in [0, 0.1) is 0 Å².